The van der Waals surface area contributed by atoms with Crippen molar-refractivity contribution < 1.29 is 0 Å². The molecule has 1 aromatic rings. The van der Waals surface area contributed by atoms with Gasteiger partial charge in [-0.15, -0.1) is 0 Å². The Morgan fingerprint density at radius 1 is 1.60 bits per heavy atom. The molecule has 4 heteroatoms. The summed E-state index contributed by atoms with van der Waals surface area (Å²) in [6, 6.07) is 4.04. The summed E-state index contributed by atoms with van der Waals surface area (Å²) in [7, 11) is 2.13. The maximum atomic E-state index is 6.04. The average Bonchev–Trinajstić information content (AvgIpc) is 2.65. The zero-order chi connectivity index (χ0) is 10.8. The van der Waals surface area contributed by atoms with Crippen molar-refractivity contribution in [2.75, 3.05) is 20.1 Å². The highest BCUT2D eigenvalue weighted by molar-refractivity contribution is 6.30. The van der Waals surface area contributed by atoms with Crippen LogP contribution in [0.5, 0.6) is 0 Å². The zero-order valence-electron chi connectivity index (χ0n) is 8.91. The molecule has 2 N–H and O–H groups in total. The van der Waals surface area contributed by atoms with Crippen molar-refractivity contribution in [1.29, 1.82) is 0 Å². The SMILES string of the molecule is CN1CCC(c2ccc(CN)c(Cl)n2)C1. The van der Waals surface area contributed by atoms with Crippen LogP contribution in [0.25, 0.3) is 0 Å². The predicted octanol–water partition coefficient (Wildman–Crippen LogP) is 1.61. The minimum atomic E-state index is 0.455. The van der Waals surface area contributed by atoms with Crippen LogP contribution >= 0.6 is 11.6 Å². The first-order valence-corrected chi connectivity index (χ1v) is 5.62. The third kappa shape index (κ3) is 2.30. The Kier molecular flexibility index (Phi) is 3.24. The number of likely N-dealkylation sites (tertiary alicyclic amines) is 1. The lowest BCUT2D eigenvalue weighted by molar-refractivity contribution is 0.410. The summed E-state index contributed by atoms with van der Waals surface area (Å²) in [6.45, 7) is 2.67. The van der Waals surface area contributed by atoms with Crippen molar-refractivity contribution in [1.82, 2.24) is 9.88 Å². The van der Waals surface area contributed by atoms with Crippen LogP contribution in [-0.4, -0.2) is 30.0 Å². The molecule has 1 atom stereocenters. The number of hydrogen-bond donors (Lipinski definition) is 1. The molecule has 1 aromatic heterocycles. The largest absolute Gasteiger partial charge is 0.326 e. The van der Waals surface area contributed by atoms with Crippen molar-refractivity contribution in [3.8, 4) is 0 Å². The van der Waals surface area contributed by atoms with Crippen LogP contribution in [-0.2, 0) is 6.54 Å². The maximum absolute atomic E-state index is 6.04. The number of nitrogens with zero attached hydrogens (tertiary/aromatic N) is 2. The lowest BCUT2D eigenvalue weighted by Gasteiger charge is -2.11. The van der Waals surface area contributed by atoms with E-state index in [1.807, 2.05) is 6.07 Å². The minimum Gasteiger partial charge on any atom is -0.326 e. The van der Waals surface area contributed by atoms with E-state index in [1.165, 1.54) is 6.42 Å². The van der Waals surface area contributed by atoms with Gasteiger partial charge < -0.3 is 10.6 Å². The Hall–Kier alpha value is -0.640. The van der Waals surface area contributed by atoms with Crippen LogP contribution in [0.2, 0.25) is 5.15 Å². The van der Waals surface area contributed by atoms with Crippen LogP contribution in [0.4, 0.5) is 0 Å². The highest BCUT2D eigenvalue weighted by Gasteiger charge is 2.22. The molecule has 1 fully saturated rings. The summed E-state index contributed by atoms with van der Waals surface area (Å²) in [5.41, 5.74) is 7.57. The van der Waals surface area contributed by atoms with Gasteiger partial charge in [0.25, 0.3) is 0 Å². The first kappa shape index (κ1) is 10.9. The third-order valence-electron chi connectivity index (χ3n) is 2.98. The second-order valence-electron chi connectivity index (χ2n) is 4.14. The van der Waals surface area contributed by atoms with Crippen molar-refractivity contribution in [2.45, 2.75) is 18.9 Å². The number of rotatable bonds is 2. The Bertz CT molecular complexity index is 354. The van der Waals surface area contributed by atoms with Gasteiger partial charge in [0.2, 0.25) is 0 Å². The van der Waals surface area contributed by atoms with Gasteiger partial charge in [0.15, 0.2) is 0 Å². The van der Waals surface area contributed by atoms with Crippen molar-refractivity contribution in [3.05, 3.63) is 28.5 Å². The normalized spacial score (nSPS) is 22.2. The molecule has 0 bridgehead atoms. The first-order valence-electron chi connectivity index (χ1n) is 5.24. The Morgan fingerprint density at radius 3 is 2.93 bits per heavy atom. The van der Waals surface area contributed by atoms with Crippen molar-refractivity contribution in [3.63, 3.8) is 0 Å². The zero-order valence-corrected chi connectivity index (χ0v) is 9.67. The van der Waals surface area contributed by atoms with E-state index in [2.05, 4.69) is 23.0 Å². The summed E-state index contributed by atoms with van der Waals surface area (Å²) < 4.78 is 0. The average molecular weight is 226 g/mol. The van der Waals surface area contributed by atoms with Crippen LogP contribution < -0.4 is 5.73 Å². The first-order chi connectivity index (χ1) is 7.20. The molecule has 2 heterocycles. The Labute approximate surface area is 95.2 Å². The fourth-order valence-corrected chi connectivity index (χ4v) is 2.27. The molecule has 0 aromatic carbocycles. The highest BCUT2D eigenvalue weighted by Crippen LogP contribution is 2.26. The second kappa shape index (κ2) is 4.47. The van der Waals surface area contributed by atoms with Gasteiger partial charge in [0.1, 0.15) is 5.15 Å². The van der Waals surface area contributed by atoms with Crippen LogP contribution in [0.3, 0.4) is 0 Å². The standard InChI is InChI=1S/C11H16ClN3/c1-15-5-4-9(7-15)10-3-2-8(6-13)11(12)14-10/h2-3,9H,4-7,13H2,1H3. The predicted molar refractivity (Wildman–Crippen MR) is 62.0 cm³/mol. The summed E-state index contributed by atoms with van der Waals surface area (Å²) >= 11 is 6.04. The number of hydrogen-bond acceptors (Lipinski definition) is 3. The van der Waals surface area contributed by atoms with Gasteiger partial charge in [0.05, 0.1) is 0 Å². The lowest BCUT2D eigenvalue weighted by Crippen LogP contribution is -2.14. The number of likely N-dealkylation sites (N-methyl/N-ethyl adjacent to an activating group) is 1. The molecule has 0 aliphatic carbocycles. The van der Waals surface area contributed by atoms with Gasteiger partial charge in [-0.2, -0.15) is 0 Å². The third-order valence-corrected chi connectivity index (χ3v) is 3.30. The molecule has 0 spiro atoms. The molecule has 0 radical (unpaired) electrons. The summed E-state index contributed by atoms with van der Waals surface area (Å²) in [4.78, 5) is 6.74. The number of aromatic nitrogens is 1. The summed E-state index contributed by atoms with van der Waals surface area (Å²) in [5, 5.41) is 0.560. The molecule has 2 rings (SSSR count). The molecule has 1 aliphatic rings. The van der Waals surface area contributed by atoms with Crippen LogP contribution in [0, 0.1) is 0 Å². The van der Waals surface area contributed by atoms with E-state index >= 15 is 0 Å². The molecule has 1 unspecified atom stereocenters. The quantitative estimate of drug-likeness (QED) is 0.778. The van der Waals surface area contributed by atoms with Crippen LogP contribution in [0.1, 0.15) is 23.6 Å². The number of halogens is 1. The van der Waals surface area contributed by atoms with E-state index in [0.717, 1.165) is 24.3 Å². The van der Waals surface area contributed by atoms with Gasteiger partial charge in [-0.1, -0.05) is 17.7 Å². The smallest absolute Gasteiger partial charge is 0.133 e. The molecular formula is C11H16ClN3. The van der Waals surface area contributed by atoms with Crippen LogP contribution in [0.15, 0.2) is 12.1 Å². The van der Waals surface area contributed by atoms with Gasteiger partial charge in [-0.25, -0.2) is 4.98 Å². The maximum Gasteiger partial charge on any atom is 0.133 e. The highest BCUT2D eigenvalue weighted by atomic mass is 35.5. The Morgan fingerprint density at radius 2 is 2.40 bits per heavy atom. The molecule has 3 nitrogen and oxygen atoms in total. The molecule has 0 amide bonds. The summed E-state index contributed by atoms with van der Waals surface area (Å²) in [6.07, 6.45) is 1.17. The molecule has 15 heavy (non-hydrogen) atoms. The topological polar surface area (TPSA) is 42.1 Å². The van der Waals surface area contributed by atoms with Gasteiger partial charge >= 0.3 is 0 Å². The molecule has 1 saturated heterocycles. The molecule has 1 aliphatic heterocycles. The fourth-order valence-electron chi connectivity index (χ4n) is 2.03. The van der Waals surface area contributed by atoms with E-state index in [4.69, 9.17) is 17.3 Å². The molecular weight excluding hydrogens is 210 g/mol. The van der Waals surface area contributed by atoms with Gasteiger partial charge in [-0.3, -0.25) is 0 Å². The second-order valence-corrected chi connectivity index (χ2v) is 4.50. The number of nitrogens with two attached hydrogens (primary N) is 1. The lowest BCUT2D eigenvalue weighted by atomic mass is 10.0. The van der Waals surface area contributed by atoms with E-state index in [-0.39, 0.29) is 0 Å². The van der Waals surface area contributed by atoms with Crippen molar-refractivity contribution >= 4 is 11.6 Å². The van der Waals surface area contributed by atoms with E-state index < -0.39 is 0 Å². The van der Waals surface area contributed by atoms with Gasteiger partial charge in [-0.05, 0) is 26.1 Å². The molecule has 82 valence electrons. The van der Waals surface area contributed by atoms with E-state index in [1.54, 1.807) is 0 Å². The van der Waals surface area contributed by atoms with Gasteiger partial charge in [0, 0.05) is 30.3 Å². The monoisotopic (exact) mass is 225 g/mol. The van der Waals surface area contributed by atoms with E-state index in [0.29, 0.717) is 17.6 Å². The minimum absolute atomic E-state index is 0.455. The van der Waals surface area contributed by atoms with E-state index in [9.17, 15) is 0 Å². The Balaban J connectivity index is 2.19. The molecule has 0 saturated carbocycles. The number of pyridine rings is 1. The fraction of sp³-hybridized carbons (Fsp3) is 0.545. The van der Waals surface area contributed by atoms with Crippen molar-refractivity contribution in [2.24, 2.45) is 5.73 Å². The summed E-state index contributed by atoms with van der Waals surface area (Å²) in [5.74, 6) is 0.527.